The normalized spacial score (nSPS) is 21.2. The molecule has 7 rings (SSSR count). The van der Waals surface area contributed by atoms with E-state index in [4.69, 9.17) is 4.74 Å². The molecule has 2 saturated heterocycles. The van der Waals surface area contributed by atoms with Gasteiger partial charge in [-0.2, -0.15) is 0 Å². The molecule has 0 N–H and O–H groups in total. The van der Waals surface area contributed by atoms with Gasteiger partial charge in [0.05, 0.1) is 23.1 Å². The van der Waals surface area contributed by atoms with Crippen LogP contribution in [0.5, 0.6) is 0 Å². The zero-order chi connectivity index (χ0) is 34.6. The van der Waals surface area contributed by atoms with E-state index in [-0.39, 0.29) is 41.3 Å². The molecule has 2 amide bonds. The largest absolute Gasteiger partial charge is 0.444 e. The third-order valence-electron chi connectivity index (χ3n) is 10.4. The number of rotatable bonds is 6. The molecule has 1 aromatic carbocycles. The van der Waals surface area contributed by atoms with Gasteiger partial charge in [0.15, 0.2) is 5.78 Å². The standard InChI is InChI=1S/C39H44FN5O4/c1-23(2)34-29(7-6-15-42-34)30-20-26(40)9-11-32(30)44-22-31(28-12-16-41-21-33(28)44)36(46)24-13-17-43(18-14-24)37(47)35-25-8-10-27(19-25)45(35)38(48)49-39(3,4)5/h6-7,9,11-12,15-16,20-25,27,35H,8,10,13-14,17-19H2,1-5H3/t25-,27+,35-/m0/s1. The maximum atomic E-state index is 14.8. The molecule has 2 aliphatic heterocycles. The Bertz CT molecular complexity index is 1920. The summed E-state index contributed by atoms with van der Waals surface area (Å²) in [6, 6.07) is 9.88. The number of ketones is 1. The van der Waals surface area contributed by atoms with Gasteiger partial charge < -0.3 is 14.2 Å². The van der Waals surface area contributed by atoms with Crippen molar-refractivity contribution in [1.29, 1.82) is 0 Å². The molecule has 3 fully saturated rings. The number of amides is 2. The van der Waals surface area contributed by atoms with Crippen LogP contribution in [0, 0.1) is 17.7 Å². The summed E-state index contributed by atoms with van der Waals surface area (Å²) in [5, 5.41) is 0.777. The number of ether oxygens (including phenoxy) is 1. The molecule has 1 aliphatic carbocycles. The second-order valence-corrected chi connectivity index (χ2v) is 15.1. The topological polar surface area (TPSA) is 97.6 Å². The number of carbonyl (C=O) groups excluding carboxylic acids is 3. The monoisotopic (exact) mass is 665 g/mol. The number of aromatic nitrogens is 3. The van der Waals surface area contributed by atoms with E-state index in [2.05, 4.69) is 23.8 Å². The summed E-state index contributed by atoms with van der Waals surface area (Å²) in [5.41, 5.74) is 3.80. The van der Waals surface area contributed by atoms with Gasteiger partial charge in [-0.3, -0.25) is 24.5 Å². The maximum Gasteiger partial charge on any atom is 0.411 e. The quantitative estimate of drug-likeness (QED) is 0.197. The average molecular weight is 666 g/mol. The lowest BCUT2D eigenvalue weighted by Gasteiger charge is -2.39. The van der Waals surface area contributed by atoms with Crippen LogP contribution in [-0.4, -0.2) is 72.9 Å². The van der Waals surface area contributed by atoms with E-state index in [1.807, 2.05) is 54.6 Å². The molecule has 256 valence electrons. The van der Waals surface area contributed by atoms with E-state index < -0.39 is 17.7 Å². The predicted octanol–water partition coefficient (Wildman–Crippen LogP) is 7.56. The molecule has 10 heteroatoms. The van der Waals surface area contributed by atoms with E-state index >= 15 is 0 Å². The van der Waals surface area contributed by atoms with Gasteiger partial charge in [-0.1, -0.05) is 19.9 Å². The summed E-state index contributed by atoms with van der Waals surface area (Å²) in [6.07, 6.45) is 10.3. The molecule has 9 nitrogen and oxygen atoms in total. The van der Waals surface area contributed by atoms with Crippen molar-refractivity contribution < 1.29 is 23.5 Å². The Morgan fingerprint density at radius 1 is 0.980 bits per heavy atom. The SMILES string of the molecule is CC(C)c1ncccc1-c1cc(F)ccc1-n1cc(C(=O)C2CCN(C(=O)[C@@H]3[C@H]4CC[C@H](C4)N3C(=O)OC(C)(C)C)CC2)c2ccncc21. The van der Waals surface area contributed by atoms with Crippen molar-refractivity contribution in [2.75, 3.05) is 13.1 Å². The average Bonchev–Trinajstić information content (AvgIpc) is 3.81. The van der Waals surface area contributed by atoms with Crippen LogP contribution < -0.4 is 0 Å². The van der Waals surface area contributed by atoms with Crippen LogP contribution in [0.25, 0.3) is 27.7 Å². The first-order chi connectivity index (χ1) is 23.4. The van der Waals surface area contributed by atoms with Crippen LogP contribution in [0.2, 0.25) is 0 Å². The number of benzene rings is 1. The summed E-state index contributed by atoms with van der Waals surface area (Å²) >= 11 is 0. The number of hydrogen-bond donors (Lipinski definition) is 0. The minimum absolute atomic E-state index is 0.0188. The number of Topliss-reactive ketones (excluding diaryl/α,β-unsaturated/α-hetero) is 1. The highest BCUT2D eigenvalue weighted by atomic mass is 19.1. The number of pyridine rings is 2. The van der Waals surface area contributed by atoms with Crippen LogP contribution >= 0.6 is 0 Å². The van der Waals surface area contributed by atoms with Crippen molar-refractivity contribution >= 4 is 28.7 Å². The Labute approximate surface area is 286 Å². The zero-order valence-electron chi connectivity index (χ0n) is 28.9. The molecule has 1 saturated carbocycles. The van der Waals surface area contributed by atoms with Crippen molar-refractivity contribution in [2.45, 2.75) is 90.3 Å². The Morgan fingerprint density at radius 2 is 1.76 bits per heavy atom. The van der Waals surface area contributed by atoms with Crippen LogP contribution in [0.3, 0.4) is 0 Å². The Balaban J connectivity index is 1.14. The van der Waals surface area contributed by atoms with Gasteiger partial charge in [-0.05, 0) is 95.0 Å². The fraction of sp³-hybridized carbons (Fsp3) is 0.462. The van der Waals surface area contributed by atoms with Gasteiger partial charge in [0.2, 0.25) is 5.91 Å². The van der Waals surface area contributed by atoms with Crippen molar-refractivity contribution in [2.24, 2.45) is 11.8 Å². The van der Waals surface area contributed by atoms with E-state index in [9.17, 15) is 18.8 Å². The molecular weight excluding hydrogens is 621 g/mol. The number of hydrogen-bond acceptors (Lipinski definition) is 6. The smallest absolute Gasteiger partial charge is 0.411 e. The Hall–Kier alpha value is -4.60. The second kappa shape index (κ2) is 12.7. The van der Waals surface area contributed by atoms with Gasteiger partial charge in [0.25, 0.3) is 0 Å². The van der Waals surface area contributed by atoms with E-state index in [0.29, 0.717) is 37.1 Å². The van der Waals surface area contributed by atoms with Gasteiger partial charge in [0.1, 0.15) is 17.5 Å². The highest BCUT2D eigenvalue weighted by Gasteiger charge is 2.53. The molecule has 0 spiro atoms. The molecule has 3 aromatic heterocycles. The van der Waals surface area contributed by atoms with E-state index in [1.165, 1.54) is 12.1 Å². The van der Waals surface area contributed by atoms with Gasteiger partial charge in [-0.15, -0.1) is 0 Å². The first kappa shape index (κ1) is 32.9. The first-order valence-corrected chi connectivity index (χ1v) is 17.5. The summed E-state index contributed by atoms with van der Waals surface area (Å²) in [7, 11) is 0. The molecule has 5 heterocycles. The Morgan fingerprint density at radius 3 is 2.49 bits per heavy atom. The summed E-state index contributed by atoms with van der Waals surface area (Å²) in [6.45, 7) is 10.5. The molecular formula is C39H44FN5O4. The van der Waals surface area contributed by atoms with Gasteiger partial charge in [-0.25, -0.2) is 9.18 Å². The summed E-state index contributed by atoms with van der Waals surface area (Å²) in [5.74, 6) is -0.379. The fourth-order valence-electron chi connectivity index (χ4n) is 8.16. The lowest BCUT2D eigenvalue weighted by molar-refractivity contribution is -0.139. The van der Waals surface area contributed by atoms with Gasteiger partial charge in [0, 0.05) is 65.7 Å². The number of fused-ring (bicyclic) bond motifs is 3. The van der Waals surface area contributed by atoms with Crippen LogP contribution in [0.1, 0.15) is 88.7 Å². The molecule has 4 aromatic rings. The van der Waals surface area contributed by atoms with Crippen LogP contribution in [0.15, 0.2) is 61.2 Å². The number of carbonyl (C=O) groups is 3. The third-order valence-corrected chi connectivity index (χ3v) is 10.4. The molecule has 49 heavy (non-hydrogen) atoms. The minimum atomic E-state index is -0.640. The van der Waals surface area contributed by atoms with Crippen molar-refractivity contribution in [3.8, 4) is 16.8 Å². The fourth-order valence-corrected chi connectivity index (χ4v) is 8.16. The second-order valence-electron chi connectivity index (χ2n) is 15.1. The minimum Gasteiger partial charge on any atom is -0.444 e. The number of halogens is 1. The van der Waals surface area contributed by atoms with E-state index in [1.54, 1.807) is 29.6 Å². The molecule has 2 bridgehead atoms. The molecule has 3 aliphatic rings. The highest BCUT2D eigenvalue weighted by Crippen LogP contribution is 2.44. The number of nitrogens with zero attached hydrogens (tertiary/aromatic N) is 5. The van der Waals surface area contributed by atoms with Crippen molar-refractivity contribution in [1.82, 2.24) is 24.3 Å². The zero-order valence-corrected chi connectivity index (χ0v) is 28.9. The van der Waals surface area contributed by atoms with Crippen molar-refractivity contribution in [3.05, 3.63) is 78.3 Å². The maximum absolute atomic E-state index is 14.8. The summed E-state index contributed by atoms with van der Waals surface area (Å²) in [4.78, 5) is 53.9. The Kier molecular flexibility index (Phi) is 8.53. The predicted molar refractivity (Wildman–Crippen MR) is 185 cm³/mol. The summed E-state index contributed by atoms with van der Waals surface area (Å²) < 4.78 is 22.4. The third kappa shape index (κ3) is 6.10. The van der Waals surface area contributed by atoms with Gasteiger partial charge >= 0.3 is 6.09 Å². The number of piperidine rings is 2. The molecule has 3 atom stereocenters. The van der Waals surface area contributed by atoms with E-state index in [0.717, 1.165) is 47.1 Å². The van der Waals surface area contributed by atoms with Crippen LogP contribution in [-0.2, 0) is 9.53 Å². The highest BCUT2D eigenvalue weighted by molar-refractivity contribution is 6.09. The number of likely N-dealkylation sites (tertiary alicyclic amines) is 2. The lowest BCUT2D eigenvalue weighted by Crippen LogP contribution is -2.56. The molecule has 0 radical (unpaired) electrons. The van der Waals surface area contributed by atoms with Crippen molar-refractivity contribution in [3.63, 3.8) is 0 Å². The first-order valence-electron chi connectivity index (χ1n) is 17.5. The lowest BCUT2D eigenvalue weighted by atomic mass is 9.88. The van der Waals surface area contributed by atoms with Crippen LogP contribution in [0.4, 0.5) is 9.18 Å². The molecule has 0 unspecified atom stereocenters.